The van der Waals surface area contributed by atoms with E-state index in [0.29, 0.717) is 6.61 Å². The van der Waals surface area contributed by atoms with Crippen molar-refractivity contribution in [1.29, 1.82) is 0 Å². The van der Waals surface area contributed by atoms with Crippen LogP contribution in [-0.4, -0.2) is 17.3 Å². The highest BCUT2D eigenvalue weighted by Gasteiger charge is 1.99. The van der Waals surface area contributed by atoms with E-state index in [1.165, 1.54) is 5.56 Å². The minimum absolute atomic E-state index is 0.682. The van der Waals surface area contributed by atoms with Gasteiger partial charge in [0, 0.05) is 15.9 Å². The summed E-state index contributed by atoms with van der Waals surface area (Å²) < 4.78 is 6.74. The average Bonchev–Trinajstić information content (AvgIpc) is 2.36. The molecule has 0 aliphatic heterocycles. The van der Waals surface area contributed by atoms with Crippen molar-refractivity contribution in [2.24, 2.45) is 0 Å². The molecule has 2 rings (SSSR count). The lowest BCUT2D eigenvalue weighted by Crippen LogP contribution is -2.00. The Morgan fingerprint density at radius 2 is 1.89 bits per heavy atom. The van der Waals surface area contributed by atoms with Crippen LogP contribution in [-0.2, 0) is 0 Å². The van der Waals surface area contributed by atoms with Crippen LogP contribution in [0.4, 0.5) is 0 Å². The number of nitrogens with zero attached hydrogens (tertiary/aromatic N) is 1. The summed E-state index contributed by atoms with van der Waals surface area (Å²) in [5.41, 5.74) is 2.32. The second kappa shape index (κ2) is 6.96. The number of aromatic nitrogens is 1. The number of hydrogen-bond donors (Lipinski definition) is 0. The molecular formula is C15H16BrNOS. The standard InChI is InChI=1S/C15H16BrNOS/c1-11-9-12(2)17-15(10-11)19-8-7-18-14-5-3-13(16)4-6-14/h3-6,9-10H,7-8H2,1-2H3. The van der Waals surface area contributed by atoms with Gasteiger partial charge in [-0.2, -0.15) is 0 Å². The van der Waals surface area contributed by atoms with Crippen LogP contribution in [0.2, 0.25) is 0 Å². The highest BCUT2D eigenvalue weighted by molar-refractivity contribution is 9.10. The molecule has 2 nitrogen and oxygen atoms in total. The molecule has 0 saturated carbocycles. The van der Waals surface area contributed by atoms with Gasteiger partial charge in [-0.15, -0.1) is 11.8 Å². The van der Waals surface area contributed by atoms with Gasteiger partial charge in [-0.1, -0.05) is 15.9 Å². The first-order valence-electron chi connectivity index (χ1n) is 6.10. The van der Waals surface area contributed by atoms with E-state index in [1.54, 1.807) is 11.8 Å². The molecule has 0 aliphatic rings. The summed E-state index contributed by atoms with van der Waals surface area (Å²) in [5, 5.41) is 1.07. The molecule has 0 radical (unpaired) electrons. The number of rotatable bonds is 5. The first-order valence-corrected chi connectivity index (χ1v) is 7.88. The van der Waals surface area contributed by atoms with Gasteiger partial charge in [-0.3, -0.25) is 0 Å². The molecule has 0 unspecified atom stereocenters. The Balaban J connectivity index is 1.79. The van der Waals surface area contributed by atoms with Gasteiger partial charge in [-0.25, -0.2) is 4.98 Å². The number of thioether (sulfide) groups is 1. The Bertz CT molecular complexity index is 522. The smallest absolute Gasteiger partial charge is 0.119 e. The molecule has 100 valence electrons. The highest BCUT2D eigenvalue weighted by Crippen LogP contribution is 2.19. The fourth-order valence-electron chi connectivity index (χ4n) is 1.71. The molecule has 1 aromatic heterocycles. The zero-order valence-corrected chi connectivity index (χ0v) is 13.4. The largest absolute Gasteiger partial charge is 0.493 e. The molecule has 0 bridgehead atoms. The number of benzene rings is 1. The second-order valence-corrected chi connectivity index (χ2v) is 6.31. The van der Waals surface area contributed by atoms with E-state index in [2.05, 4.69) is 40.0 Å². The molecule has 0 atom stereocenters. The summed E-state index contributed by atoms with van der Waals surface area (Å²) in [6, 6.07) is 12.1. The summed E-state index contributed by atoms with van der Waals surface area (Å²) in [6.07, 6.45) is 0. The van der Waals surface area contributed by atoms with Crippen LogP contribution in [0.1, 0.15) is 11.3 Å². The predicted octanol–water partition coefficient (Wildman–Crippen LogP) is 4.63. The third kappa shape index (κ3) is 4.88. The molecule has 0 fully saturated rings. The van der Waals surface area contributed by atoms with Crippen molar-refractivity contribution in [2.75, 3.05) is 12.4 Å². The molecule has 0 aliphatic carbocycles. The molecule has 1 heterocycles. The van der Waals surface area contributed by atoms with Gasteiger partial charge in [0.05, 0.1) is 11.6 Å². The van der Waals surface area contributed by atoms with E-state index in [9.17, 15) is 0 Å². The monoisotopic (exact) mass is 337 g/mol. The Hall–Kier alpha value is -1.00. The molecule has 1 aromatic carbocycles. The zero-order chi connectivity index (χ0) is 13.7. The number of halogens is 1. The molecule has 0 amide bonds. The Labute approximate surface area is 126 Å². The van der Waals surface area contributed by atoms with Crippen LogP contribution in [0.25, 0.3) is 0 Å². The average molecular weight is 338 g/mol. The van der Waals surface area contributed by atoms with E-state index in [4.69, 9.17) is 4.74 Å². The van der Waals surface area contributed by atoms with Gasteiger partial charge in [0.25, 0.3) is 0 Å². The minimum atomic E-state index is 0.682. The van der Waals surface area contributed by atoms with Gasteiger partial charge in [-0.05, 0) is 55.8 Å². The quantitative estimate of drug-likeness (QED) is 0.586. The Kier molecular flexibility index (Phi) is 5.28. The van der Waals surface area contributed by atoms with Crippen LogP contribution in [0.5, 0.6) is 5.75 Å². The number of aryl methyl sites for hydroxylation is 2. The van der Waals surface area contributed by atoms with Gasteiger partial charge in [0.1, 0.15) is 5.75 Å². The fraction of sp³-hybridized carbons (Fsp3) is 0.267. The zero-order valence-electron chi connectivity index (χ0n) is 11.0. The van der Waals surface area contributed by atoms with Crippen molar-refractivity contribution in [3.05, 3.63) is 52.1 Å². The summed E-state index contributed by atoms with van der Waals surface area (Å²) in [6.45, 7) is 4.80. The molecule has 0 spiro atoms. The van der Waals surface area contributed by atoms with E-state index < -0.39 is 0 Å². The third-order valence-corrected chi connectivity index (χ3v) is 3.89. The predicted molar refractivity (Wildman–Crippen MR) is 84.1 cm³/mol. The van der Waals surface area contributed by atoms with Gasteiger partial charge in [0.15, 0.2) is 0 Å². The number of pyridine rings is 1. The Morgan fingerprint density at radius 3 is 2.58 bits per heavy atom. The van der Waals surface area contributed by atoms with Crippen molar-refractivity contribution < 1.29 is 4.74 Å². The summed E-state index contributed by atoms with van der Waals surface area (Å²) in [4.78, 5) is 4.49. The van der Waals surface area contributed by atoms with Gasteiger partial charge < -0.3 is 4.74 Å². The minimum Gasteiger partial charge on any atom is -0.493 e. The summed E-state index contributed by atoms with van der Waals surface area (Å²) in [7, 11) is 0. The molecule has 0 N–H and O–H groups in total. The lowest BCUT2D eigenvalue weighted by Gasteiger charge is -2.06. The van der Waals surface area contributed by atoms with Crippen LogP contribution >= 0.6 is 27.7 Å². The fourth-order valence-corrected chi connectivity index (χ4v) is 2.83. The first kappa shape index (κ1) is 14.4. The molecule has 2 aromatic rings. The number of ether oxygens (including phenoxy) is 1. The second-order valence-electron chi connectivity index (χ2n) is 4.27. The molecular weight excluding hydrogens is 322 g/mol. The van der Waals surface area contributed by atoms with Crippen molar-refractivity contribution in [3.8, 4) is 5.75 Å². The molecule has 0 saturated heterocycles. The van der Waals surface area contributed by atoms with Gasteiger partial charge in [0.2, 0.25) is 0 Å². The SMILES string of the molecule is Cc1cc(C)nc(SCCOc2ccc(Br)cc2)c1. The maximum atomic E-state index is 5.67. The van der Waals surface area contributed by atoms with Crippen LogP contribution in [0.3, 0.4) is 0 Å². The lowest BCUT2D eigenvalue weighted by molar-refractivity contribution is 0.344. The van der Waals surface area contributed by atoms with E-state index in [-0.39, 0.29) is 0 Å². The van der Waals surface area contributed by atoms with Crippen molar-refractivity contribution in [3.63, 3.8) is 0 Å². The number of hydrogen-bond acceptors (Lipinski definition) is 3. The van der Waals surface area contributed by atoms with E-state index >= 15 is 0 Å². The summed E-state index contributed by atoms with van der Waals surface area (Å²) in [5.74, 6) is 1.79. The highest BCUT2D eigenvalue weighted by atomic mass is 79.9. The topological polar surface area (TPSA) is 22.1 Å². The van der Waals surface area contributed by atoms with Crippen molar-refractivity contribution in [2.45, 2.75) is 18.9 Å². The van der Waals surface area contributed by atoms with Crippen LogP contribution in [0, 0.1) is 13.8 Å². The normalized spacial score (nSPS) is 10.5. The first-order chi connectivity index (χ1) is 9.13. The van der Waals surface area contributed by atoms with E-state index in [1.807, 2.05) is 31.2 Å². The van der Waals surface area contributed by atoms with Crippen molar-refractivity contribution in [1.82, 2.24) is 4.98 Å². The maximum absolute atomic E-state index is 5.67. The third-order valence-electron chi connectivity index (χ3n) is 2.49. The summed E-state index contributed by atoms with van der Waals surface area (Å²) >= 11 is 5.13. The Morgan fingerprint density at radius 1 is 1.16 bits per heavy atom. The lowest BCUT2D eigenvalue weighted by atomic mass is 10.3. The maximum Gasteiger partial charge on any atom is 0.119 e. The van der Waals surface area contributed by atoms with Crippen LogP contribution < -0.4 is 4.74 Å². The van der Waals surface area contributed by atoms with Gasteiger partial charge >= 0.3 is 0 Å². The van der Waals surface area contributed by atoms with E-state index in [0.717, 1.165) is 26.7 Å². The molecule has 19 heavy (non-hydrogen) atoms. The van der Waals surface area contributed by atoms with Crippen LogP contribution in [0.15, 0.2) is 45.9 Å². The van der Waals surface area contributed by atoms with Crippen molar-refractivity contribution >= 4 is 27.7 Å². The molecule has 4 heteroatoms.